The first-order chi connectivity index (χ1) is 15.7. The Bertz CT molecular complexity index is 1190. The summed E-state index contributed by atoms with van der Waals surface area (Å²) in [4.78, 5) is 24.1. The lowest BCUT2D eigenvalue weighted by Crippen LogP contribution is -2.09. The van der Waals surface area contributed by atoms with Crippen molar-refractivity contribution in [2.24, 2.45) is 0 Å². The van der Waals surface area contributed by atoms with E-state index in [0.29, 0.717) is 22.7 Å². The molecule has 0 aliphatic carbocycles. The lowest BCUT2D eigenvalue weighted by molar-refractivity contribution is -0.137. The molecule has 0 saturated heterocycles. The van der Waals surface area contributed by atoms with Crippen LogP contribution >= 0.6 is 11.6 Å². The molecule has 0 bridgehead atoms. The van der Waals surface area contributed by atoms with Gasteiger partial charge in [-0.2, -0.15) is 13.2 Å². The van der Waals surface area contributed by atoms with Crippen molar-refractivity contribution in [3.05, 3.63) is 95.6 Å². The third-order valence-corrected chi connectivity index (χ3v) is 4.70. The minimum atomic E-state index is -4.47. The van der Waals surface area contributed by atoms with Crippen molar-refractivity contribution in [2.75, 3.05) is 12.4 Å². The molecule has 33 heavy (non-hydrogen) atoms. The second kappa shape index (κ2) is 10.2. The van der Waals surface area contributed by atoms with E-state index in [4.69, 9.17) is 16.3 Å². The van der Waals surface area contributed by atoms with Crippen LogP contribution in [0.1, 0.15) is 21.5 Å². The molecule has 170 valence electrons. The summed E-state index contributed by atoms with van der Waals surface area (Å²) in [5, 5.41) is 2.58. The Morgan fingerprint density at radius 2 is 1.64 bits per heavy atom. The normalized spacial score (nSPS) is 11.6. The highest BCUT2D eigenvalue weighted by molar-refractivity contribution is 6.50. The number of methoxy groups -OCH3 is 1. The number of amides is 1. The van der Waals surface area contributed by atoms with Crippen LogP contribution in [0.2, 0.25) is 0 Å². The molecule has 3 aromatic carbocycles. The van der Waals surface area contributed by atoms with Crippen LogP contribution in [0.4, 0.5) is 18.9 Å². The molecule has 3 aromatic rings. The summed E-state index contributed by atoms with van der Waals surface area (Å²) < 4.78 is 48.6. The number of alkyl halides is 3. The Morgan fingerprint density at radius 1 is 0.939 bits per heavy atom. The maximum absolute atomic E-state index is 12.7. The molecular formula is C24H17ClF3NO4. The zero-order valence-electron chi connectivity index (χ0n) is 17.2. The van der Waals surface area contributed by atoms with Crippen LogP contribution in [0.3, 0.4) is 0 Å². The highest BCUT2D eigenvalue weighted by Gasteiger charge is 2.30. The van der Waals surface area contributed by atoms with Gasteiger partial charge in [0, 0.05) is 6.08 Å². The number of carbonyl (C=O) groups excluding carboxylic acids is 2. The Morgan fingerprint density at radius 3 is 2.30 bits per heavy atom. The smallest absolute Gasteiger partial charge is 0.416 e. The summed E-state index contributed by atoms with van der Waals surface area (Å²) in [5.41, 5.74) is 0.0494. The highest BCUT2D eigenvalue weighted by Crippen LogP contribution is 2.32. The van der Waals surface area contributed by atoms with Crippen LogP contribution in [0, 0.1) is 0 Å². The number of benzene rings is 3. The van der Waals surface area contributed by atoms with Gasteiger partial charge in [0.1, 0.15) is 5.75 Å². The predicted molar refractivity (Wildman–Crippen MR) is 118 cm³/mol. The molecule has 0 atom stereocenters. The van der Waals surface area contributed by atoms with Crippen LogP contribution in [0.15, 0.2) is 78.9 Å². The third kappa shape index (κ3) is 6.36. The van der Waals surface area contributed by atoms with Gasteiger partial charge in [0.15, 0.2) is 5.75 Å². The molecule has 0 aliphatic rings. The zero-order valence-corrected chi connectivity index (χ0v) is 17.9. The first-order valence-corrected chi connectivity index (χ1v) is 9.86. The molecule has 0 aliphatic heterocycles. The zero-order chi connectivity index (χ0) is 24.0. The summed E-state index contributed by atoms with van der Waals surface area (Å²) >= 11 is 6.11. The number of ether oxygens (including phenoxy) is 2. The average molecular weight is 476 g/mol. The van der Waals surface area contributed by atoms with Crippen molar-refractivity contribution >= 4 is 34.2 Å². The van der Waals surface area contributed by atoms with Crippen LogP contribution in [0.25, 0.3) is 5.03 Å². The largest absolute Gasteiger partial charge is 0.465 e. The first-order valence-electron chi connectivity index (χ1n) is 9.48. The number of nitrogens with one attached hydrogen (secondary N) is 1. The van der Waals surface area contributed by atoms with Crippen LogP contribution in [-0.4, -0.2) is 19.0 Å². The van der Waals surface area contributed by atoms with E-state index in [1.54, 1.807) is 42.5 Å². The summed E-state index contributed by atoms with van der Waals surface area (Å²) in [5.74, 6) is -0.491. The first kappa shape index (κ1) is 23.9. The van der Waals surface area contributed by atoms with E-state index in [2.05, 4.69) is 10.1 Å². The number of halogens is 4. The lowest BCUT2D eigenvalue weighted by atomic mass is 10.1. The molecule has 0 saturated carbocycles. The predicted octanol–water partition coefficient (Wildman–Crippen LogP) is 6.50. The van der Waals surface area contributed by atoms with Gasteiger partial charge in [-0.3, -0.25) is 4.79 Å². The number of anilines is 1. The molecule has 5 nitrogen and oxygen atoms in total. The molecule has 0 unspecified atom stereocenters. The Balaban J connectivity index is 1.75. The minimum absolute atomic E-state index is 0.0367. The van der Waals surface area contributed by atoms with Crippen LogP contribution in [0.5, 0.6) is 11.5 Å². The van der Waals surface area contributed by atoms with E-state index >= 15 is 0 Å². The summed E-state index contributed by atoms with van der Waals surface area (Å²) in [6, 6.07) is 17.0. The number of hydrogen-bond donors (Lipinski definition) is 1. The molecular weight excluding hydrogens is 459 g/mol. The van der Waals surface area contributed by atoms with E-state index in [9.17, 15) is 22.8 Å². The van der Waals surface area contributed by atoms with E-state index in [0.717, 1.165) is 18.2 Å². The summed E-state index contributed by atoms with van der Waals surface area (Å²) in [6.45, 7) is 0. The van der Waals surface area contributed by atoms with E-state index in [-0.39, 0.29) is 10.6 Å². The summed E-state index contributed by atoms with van der Waals surface area (Å²) in [6.07, 6.45) is -3.41. The molecule has 1 amide bonds. The Hall–Kier alpha value is -3.78. The Labute approximate surface area is 192 Å². The highest BCUT2D eigenvalue weighted by atomic mass is 35.5. The number of rotatable bonds is 6. The molecule has 0 aromatic heterocycles. The van der Waals surface area contributed by atoms with Gasteiger partial charge in [0.25, 0.3) is 0 Å². The van der Waals surface area contributed by atoms with Crippen molar-refractivity contribution in [1.29, 1.82) is 0 Å². The van der Waals surface area contributed by atoms with Crippen molar-refractivity contribution < 1.29 is 32.2 Å². The number of esters is 1. The van der Waals surface area contributed by atoms with E-state index < -0.39 is 23.6 Å². The van der Waals surface area contributed by atoms with Crippen molar-refractivity contribution in [2.45, 2.75) is 6.18 Å². The van der Waals surface area contributed by atoms with Crippen molar-refractivity contribution in [1.82, 2.24) is 0 Å². The SMILES string of the molecule is COC(=O)c1cccc(Oc2ccccc2NC(=O)C=C(Cl)c2ccc(C(F)(F)F)cc2)c1. The fourth-order valence-electron chi connectivity index (χ4n) is 2.78. The van der Waals surface area contributed by atoms with Gasteiger partial charge in [-0.25, -0.2) is 4.79 Å². The maximum Gasteiger partial charge on any atom is 0.416 e. The van der Waals surface area contributed by atoms with Gasteiger partial charge in [-0.15, -0.1) is 0 Å². The topological polar surface area (TPSA) is 64.6 Å². The Kier molecular flexibility index (Phi) is 7.40. The third-order valence-electron chi connectivity index (χ3n) is 4.37. The summed E-state index contributed by atoms with van der Waals surface area (Å²) in [7, 11) is 1.27. The van der Waals surface area contributed by atoms with Gasteiger partial charge in [-0.05, 0) is 48.0 Å². The van der Waals surface area contributed by atoms with E-state index in [1.807, 2.05) is 0 Å². The molecule has 1 N–H and O–H groups in total. The van der Waals surface area contributed by atoms with Gasteiger partial charge >= 0.3 is 12.1 Å². The van der Waals surface area contributed by atoms with Gasteiger partial charge in [-0.1, -0.05) is 41.9 Å². The number of hydrogen-bond acceptors (Lipinski definition) is 4. The number of para-hydroxylation sites is 2. The molecule has 0 heterocycles. The van der Waals surface area contributed by atoms with Crippen molar-refractivity contribution in [3.63, 3.8) is 0 Å². The molecule has 9 heteroatoms. The van der Waals surface area contributed by atoms with Gasteiger partial charge in [0.05, 0.1) is 29.0 Å². The van der Waals surface area contributed by atoms with Gasteiger partial charge in [0.2, 0.25) is 5.91 Å². The maximum atomic E-state index is 12.7. The monoisotopic (exact) mass is 475 g/mol. The minimum Gasteiger partial charge on any atom is -0.465 e. The standard InChI is InChI=1S/C24H17ClF3NO4/c1-32-23(31)16-5-4-6-18(13-16)33-21-8-3-2-7-20(21)29-22(30)14-19(25)15-9-11-17(12-10-15)24(26,27)28/h2-14H,1H3,(H,29,30). The van der Waals surface area contributed by atoms with Crippen LogP contribution < -0.4 is 10.1 Å². The van der Waals surface area contributed by atoms with Crippen molar-refractivity contribution in [3.8, 4) is 11.5 Å². The second-order valence-corrected chi connectivity index (χ2v) is 7.08. The quantitative estimate of drug-likeness (QED) is 0.326. The van der Waals surface area contributed by atoms with E-state index in [1.165, 1.54) is 25.3 Å². The van der Waals surface area contributed by atoms with Gasteiger partial charge < -0.3 is 14.8 Å². The molecule has 0 fully saturated rings. The second-order valence-electron chi connectivity index (χ2n) is 6.67. The molecule has 0 spiro atoms. The molecule has 3 rings (SSSR count). The molecule has 0 radical (unpaired) electrons. The number of carbonyl (C=O) groups is 2. The average Bonchev–Trinajstić information content (AvgIpc) is 2.79. The fourth-order valence-corrected chi connectivity index (χ4v) is 3.00. The fraction of sp³-hybridized carbons (Fsp3) is 0.0833. The lowest BCUT2D eigenvalue weighted by Gasteiger charge is -2.12. The van der Waals surface area contributed by atoms with Crippen LogP contribution in [-0.2, 0) is 15.7 Å².